The molecule has 1 aliphatic carbocycles. The van der Waals surface area contributed by atoms with E-state index in [1.807, 2.05) is 12.1 Å². The number of rotatable bonds is 5. The van der Waals surface area contributed by atoms with Crippen LogP contribution < -0.4 is 5.32 Å². The molecule has 20 heavy (non-hydrogen) atoms. The molecule has 0 radical (unpaired) electrons. The highest BCUT2D eigenvalue weighted by molar-refractivity contribution is 9.10. The van der Waals surface area contributed by atoms with Gasteiger partial charge in [0.1, 0.15) is 5.82 Å². The van der Waals surface area contributed by atoms with E-state index in [0.29, 0.717) is 10.5 Å². The fraction of sp³-hybridized carbons (Fsp3) is 0.625. The van der Waals surface area contributed by atoms with Crippen molar-refractivity contribution in [1.82, 2.24) is 5.32 Å². The fourth-order valence-electron chi connectivity index (χ4n) is 3.04. The normalized spacial score (nSPS) is 29.9. The van der Waals surface area contributed by atoms with E-state index in [1.54, 1.807) is 6.07 Å². The van der Waals surface area contributed by atoms with Crippen molar-refractivity contribution in [2.75, 3.05) is 13.2 Å². The lowest BCUT2D eigenvalue weighted by molar-refractivity contribution is 0.0628. The van der Waals surface area contributed by atoms with Gasteiger partial charge < -0.3 is 10.1 Å². The fourth-order valence-corrected chi connectivity index (χ4v) is 3.46. The largest absolute Gasteiger partial charge is 0.378 e. The molecule has 3 rings (SSSR count). The van der Waals surface area contributed by atoms with Crippen molar-refractivity contribution in [3.8, 4) is 0 Å². The van der Waals surface area contributed by atoms with Gasteiger partial charge in [-0.25, -0.2) is 4.39 Å². The molecule has 4 heteroatoms. The standard InChI is InChI=1S/C16H21BrFNO/c1-11-16(6-7-20-11,10-19-13-3-4-13)9-12-2-5-15(18)14(17)8-12/h2,5,8,11,13,19H,3-4,6-7,9-10H2,1H3. The van der Waals surface area contributed by atoms with Gasteiger partial charge in [-0.2, -0.15) is 0 Å². The maximum Gasteiger partial charge on any atom is 0.137 e. The summed E-state index contributed by atoms with van der Waals surface area (Å²) in [6.07, 6.45) is 4.86. The maximum absolute atomic E-state index is 13.4. The lowest BCUT2D eigenvalue weighted by Gasteiger charge is -2.33. The second-order valence-corrected chi connectivity index (χ2v) is 7.06. The van der Waals surface area contributed by atoms with Crippen LogP contribution in [-0.2, 0) is 11.2 Å². The molecule has 1 aliphatic heterocycles. The van der Waals surface area contributed by atoms with Crippen molar-refractivity contribution in [1.29, 1.82) is 0 Å². The van der Waals surface area contributed by atoms with E-state index < -0.39 is 0 Å². The third kappa shape index (κ3) is 3.07. The van der Waals surface area contributed by atoms with Crippen LogP contribution in [0.5, 0.6) is 0 Å². The Morgan fingerprint density at radius 3 is 2.85 bits per heavy atom. The number of ether oxygens (including phenoxy) is 1. The highest BCUT2D eigenvalue weighted by Crippen LogP contribution is 2.39. The molecule has 2 unspecified atom stereocenters. The number of halogens is 2. The Hall–Kier alpha value is -0.450. The summed E-state index contributed by atoms with van der Waals surface area (Å²) in [4.78, 5) is 0. The van der Waals surface area contributed by atoms with Gasteiger partial charge in [0.25, 0.3) is 0 Å². The van der Waals surface area contributed by atoms with E-state index in [4.69, 9.17) is 4.74 Å². The number of benzene rings is 1. The minimum atomic E-state index is -0.199. The predicted molar refractivity (Wildman–Crippen MR) is 81.3 cm³/mol. The monoisotopic (exact) mass is 341 g/mol. The van der Waals surface area contributed by atoms with E-state index >= 15 is 0 Å². The average Bonchev–Trinajstić information content (AvgIpc) is 3.18. The van der Waals surface area contributed by atoms with Gasteiger partial charge in [-0.3, -0.25) is 0 Å². The van der Waals surface area contributed by atoms with Gasteiger partial charge in [0.2, 0.25) is 0 Å². The summed E-state index contributed by atoms with van der Waals surface area (Å²) < 4.78 is 19.7. The number of nitrogens with one attached hydrogen (secondary N) is 1. The van der Waals surface area contributed by atoms with Crippen molar-refractivity contribution >= 4 is 15.9 Å². The minimum absolute atomic E-state index is 0.139. The van der Waals surface area contributed by atoms with Gasteiger partial charge in [0.05, 0.1) is 10.6 Å². The summed E-state index contributed by atoms with van der Waals surface area (Å²) in [5.41, 5.74) is 1.31. The Morgan fingerprint density at radius 2 is 2.25 bits per heavy atom. The Bertz CT molecular complexity index is 491. The van der Waals surface area contributed by atoms with E-state index in [1.165, 1.54) is 18.4 Å². The Morgan fingerprint density at radius 1 is 1.45 bits per heavy atom. The Balaban J connectivity index is 1.76. The first-order valence-electron chi connectivity index (χ1n) is 7.38. The third-order valence-electron chi connectivity index (χ3n) is 4.69. The van der Waals surface area contributed by atoms with Gasteiger partial charge in [-0.05, 0) is 66.2 Å². The maximum atomic E-state index is 13.4. The molecular weight excluding hydrogens is 321 g/mol. The molecule has 110 valence electrons. The van der Waals surface area contributed by atoms with Crippen LogP contribution in [0.25, 0.3) is 0 Å². The van der Waals surface area contributed by atoms with Crippen LogP contribution in [0.4, 0.5) is 4.39 Å². The molecule has 0 bridgehead atoms. The summed E-state index contributed by atoms with van der Waals surface area (Å²) in [6.45, 7) is 3.99. The molecule has 1 saturated heterocycles. The zero-order valence-electron chi connectivity index (χ0n) is 11.8. The summed E-state index contributed by atoms with van der Waals surface area (Å²) in [7, 11) is 0. The van der Waals surface area contributed by atoms with Gasteiger partial charge in [-0.1, -0.05) is 6.07 Å². The smallest absolute Gasteiger partial charge is 0.137 e. The first-order valence-corrected chi connectivity index (χ1v) is 8.17. The molecule has 2 atom stereocenters. The van der Waals surface area contributed by atoms with Crippen LogP contribution >= 0.6 is 15.9 Å². The van der Waals surface area contributed by atoms with Crippen LogP contribution in [0.1, 0.15) is 31.7 Å². The van der Waals surface area contributed by atoms with E-state index in [0.717, 1.165) is 26.0 Å². The second-order valence-electron chi connectivity index (χ2n) is 6.21. The third-order valence-corrected chi connectivity index (χ3v) is 5.30. The van der Waals surface area contributed by atoms with Crippen molar-refractivity contribution in [3.63, 3.8) is 0 Å². The minimum Gasteiger partial charge on any atom is -0.378 e. The van der Waals surface area contributed by atoms with Gasteiger partial charge in [0, 0.05) is 24.6 Å². The Kier molecular flexibility index (Phi) is 4.16. The summed E-state index contributed by atoms with van der Waals surface area (Å²) >= 11 is 3.28. The van der Waals surface area contributed by atoms with E-state index in [9.17, 15) is 4.39 Å². The van der Waals surface area contributed by atoms with Crippen molar-refractivity contribution in [2.24, 2.45) is 5.41 Å². The topological polar surface area (TPSA) is 21.3 Å². The number of hydrogen-bond acceptors (Lipinski definition) is 2. The Labute approximate surface area is 128 Å². The SMILES string of the molecule is CC1OCCC1(CNC1CC1)Cc1ccc(F)c(Br)c1. The highest BCUT2D eigenvalue weighted by atomic mass is 79.9. The molecule has 2 fully saturated rings. The zero-order chi connectivity index (χ0) is 14.2. The average molecular weight is 342 g/mol. The quantitative estimate of drug-likeness (QED) is 0.881. The summed E-state index contributed by atoms with van der Waals surface area (Å²) in [6, 6.07) is 6.05. The zero-order valence-corrected chi connectivity index (χ0v) is 13.4. The van der Waals surface area contributed by atoms with Crippen LogP contribution in [0.2, 0.25) is 0 Å². The molecule has 1 aromatic rings. The summed E-state index contributed by atoms with van der Waals surface area (Å²) in [5, 5.41) is 3.65. The molecule has 1 aromatic carbocycles. The van der Waals surface area contributed by atoms with Crippen LogP contribution in [0, 0.1) is 11.2 Å². The van der Waals surface area contributed by atoms with Crippen molar-refractivity contribution < 1.29 is 9.13 Å². The molecule has 2 aliphatic rings. The van der Waals surface area contributed by atoms with Crippen molar-refractivity contribution in [3.05, 3.63) is 34.1 Å². The second kappa shape index (κ2) is 5.74. The van der Waals surface area contributed by atoms with E-state index in [2.05, 4.69) is 28.2 Å². The first-order chi connectivity index (χ1) is 9.59. The van der Waals surface area contributed by atoms with Gasteiger partial charge in [-0.15, -0.1) is 0 Å². The summed E-state index contributed by atoms with van der Waals surface area (Å²) in [5.74, 6) is -0.199. The molecule has 1 heterocycles. The molecule has 2 nitrogen and oxygen atoms in total. The lowest BCUT2D eigenvalue weighted by Crippen LogP contribution is -2.42. The van der Waals surface area contributed by atoms with Gasteiger partial charge in [0.15, 0.2) is 0 Å². The molecular formula is C16H21BrFNO. The van der Waals surface area contributed by atoms with Crippen molar-refractivity contribution in [2.45, 2.75) is 44.8 Å². The predicted octanol–water partition coefficient (Wildman–Crippen LogP) is 3.68. The molecule has 0 amide bonds. The van der Waals surface area contributed by atoms with Crippen LogP contribution in [0.15, 0.2) is 22.7 Å². The van der Waals surface area contributed by atoms with E-state index in [-0.39, 0.29) is 17.3 Å². The molecule has 0 aromatic heterocycles. The highest BCUT2D eigenvalue weighted by Gasteiger charge is 2.42. The first kappa shape index (κ1) is 14.5. The molecule has 1 N–H and O–H groups in total. The van der Waals surface area contributed by atoms with Gasteiger partial charge >= 0.3 is 0 Å². The number of hydrogen-bond donors (Lipinski definition) is 1. The van der Waals surface area contributed by atoms with Crippen LogP contribution in [0.3, 0.4) is 0 Å². The lowest BCUT2D eigenvalue weighted by atomic mass is 9.76. The molecule has 1 saturated carbocycles. The molecule has 0 spiro atoms. The van der Waals surface area contributed by atoms with Crippen LogP contribution in [-0.4, -0.2) is 25.3 Å².